The van der Waals surface area contributed by atoms with Crippen LogP contribution in [0.3, 0.4) is 0 Å². The molecule has 1 atom stereocenters. The van der Waals surface area contributed by atoms with Gasteiger partial charge in [0, 0.05) is 44.5 Å². The van der Waals surface area contributed by atoms with E-state index >= 15 is 0 Å². The number of carbonyl (C=O) groups is 3. The third-order valence-electron chi connectivity index (χ3n) is 4.87. The first-order chi connectivity index (χ1) is 12.5. The molecule has 138 valence electrons. The van der Waals surface area contributed by atoms with E-state index < -0.39 is 6.10 Å². The van der Waals surface area contributed by atoms with E-state index in [9.17, 15) is 14.4 Å². The highest BCUT2D eigenvalue weighted by Gasteiger charge is 2.38. The largest absolute Gasteiger partial charge is 0.481 e. The summed E-state index contributed by atoms with van der Waals surface area (Å²) in [6.45, 7) is 3.35. The van der Waals surface area contributed by atoms with Crippen LogP contribution < -0.4 is 14.2 Å². The van der Waals surface area contributed by atoms with Crippen LogP contribution >= 0.6 is 0 Å². The van der Waals surface area contributed by atoms with Crippen molar-refractivity contribution >= 4 is 17.7 Å². The molecule has 3 amide bonds. The van der Waals surface area contributed by atoms with Gasteiger partial charge in [0.1, 0.15) is 5.75 Å². The fourth-order valence-corrected chi connectivity index (χ4v) is 3.41. The summed E-state index contributed by atoms with van der Waals surface area (Å²) in [4.78, 5) is 38.8. The Labute approximate surface area is 150 Å². The Morgan fingerprint density at radius 3 is 2.62 bits per heavy atom. The van der Waals surface area contributed by atoms with Gasteiger partial charge in [0.05, 0.1) is 0 Å². The first kappa shape index (κ1) is 16.7. The summed E-state index contributed by atoms with van der Waals surface area (Å²) in [6, 6.07) is 5.19. The van der Waals surface area contributed by atoms with Gasteiger partial charge < -0.3 is 19.1 Å². The highest BCUT2D eigenvalue weighted by Crippen LogP contribution is 2.35. The first-order valence-corrected chi connectivity index (χ1v) is 8.69. The van der Waals surface area contributed by atoms with Crippen molar-refractivity contribution in [2.45, 2.75) is 25.9 Å². The maximum Gasteiger partial charge on any atom is 0.263 e. The molecule has 3 aliphatic rings. The van der Waals surface area contributed by atoms with Gasteiger partial charge in [0.25, 0.3) is 5.91 Å². The van der Waals surface area contributed by atoms with Crippen molar-refractivity contribution in [2.24, 2.45) is 5.92 Å². The fourth-order valence-electron chi connectivity index (χ4n) is 3.41. The summed E-state index contributed by atoms with van der Waals surface area (Å²) in [5, 5.41) is 0. The van der Waals surface area contributed by atoms with Crippen LogP contribution in [0.5, 0.6) is 17.2 Å². The average molecular weight is 360 g/mol. The van der Waals surface area contributed by atoms with E-state index in [1.165, 1.54) is 4.90 Å². The topological polar surface area (TPSA) is 85.4 Å². The normalized spacial score (nSPS) is 20.3. The number of hydrogen-bond acceptors (Lipinski definition) is 6. The number of benzene rings is 1. The Hall–Kier alpha value is -2.77. The van der Waals surface area contributed by atoms with Gasteiger partial charge in [-0.2, -0.15) is 0 Å². The molecule has 2 fully saturated rings. The summed E-state index contributed by atoms with van der Waals surface area (Å²) >= 11 is 0. The second kappa shape index (κ2) is 6.51. The Morgan fingerprint density at radius 2 is 1.88 bits per heavy atom. The van der Waals surface area contributed by atoms with Gasteiger partial charge >= 0.3 is 0 Å². The van der Waals surface area contributed by atoms with Gasteiger partial charge in [-0.15, -0.1) is 0 Å². The lowest BCUT2D eigenvalue weighted by Crippen LogP contribution is -2.57. The quantitative estimate of drug-likeness (QED) is 0.722. The number of likely N-dealkylation sites (tertiary alicyclic amines) is 2. The SMILES string of the molecule is CC(Oc1ccc2c(c1)OCO2)C(=O)N1CC(CN2C(=O)CCC2=O)C1. The van der Waals surface area contributed by atoms with E-state index in [0.717, 1.165) is 0 Å². The molecule has 0 aliphatic carbocycles. The van der Waals surface area contributed by atoms with Gasteiger partial charge in [0.15, 0.2) is 17.6 Å². The molecule has 1 aromatic carbocycles. The van der Waals surface area contributed by atoms with E-state index in [4.69, 9.17) is 14.2 Å². The van der Waals surface area contributed by atoms with Crippen LogP contribution in [0.1, 0.15) is 19.8 Å². The minimum atomic E-state index is -0.633. The minimum Gasteiger partial charge on any atom is -0.481 e. The van der Waals surface area contributed by atoms with Crippen molar-refractivity contribution in [1.29, 1.82) is 0 Å². The Balaban J connectivity index is 1.27. The number of nitrogens with zero attached hydrogens (tertiary/aromatic N) is 2. The summed E-state index contributed by atoms with van der Waals surface area (Å²) in [7, 11) is 0. The molecule has 2 saturated heterocycles. The smallest absolute Gasteiger partial charge is 0.263 e. The summed E-state index contributed by atoms with van der Waals surface area (Å²) in [6.07, 6.45) is -0.0326. The van der Waals surface area contributed by atoms with Gasteiger partial charge in [0.2, 0.25) is 18.6 Å². The molecular weight excluding hydrogens is 340 g/mol. The molecule has 1 aromatic rings. The van der Waals surface area contributed by atoms with Crippen molar-refractivity contribution in [3.63, 3.8) is 0 Å². The van der Waals surface area contributed by atoms with Crippen molar-refractivity contribution < 1.29 is 28.6 Å². The van der Waals surface area contributed by atoms with Crippen molar-refractivity contribution in [2.75, 3.05) is 26.4 Å². The summed E-state index contributed by atoms with van der Waals surface area (Å²) < 4.78 is 16.3. The highest BCUT2D eigenvalue weighted by molar-refractivity contribution is 6.01. The van der Waals surface area contributed by atoms with Crippen LogP contribution in [0.15, 0.2) is 18.2 Å². The second-order valence-corrected chi connectivity index (χ2v) is 6.78. The minimum absolute atomic E-state index is 0.112. The highest BCUT2D eigenvalue weighted by atomic mass is 16.7. The molecule has 0 bridgehead atoms. The summed E-state index contributed by atoms with van der Waals surface area (Å²) in [5.41, 5.74) is 0. The maximum absolute atomic E-state index is 12.5. The Morgan fingerprint density at radius 1 is 1.19 bits per heavy atom. The standard InChI is InChI=1S/C18H20N2O6/c1-11(26-13-2-3-14-15(6-13)25-10-24-14)18(23)19-7-12(8-19)9-20-16(21)4-5-17(20)22/h2-3,6,11-12H,4-5,7-10H2,1H3. The number of fused-ring (bicyclic) bond motifs is 1. The lowest BCUT2D eigenvalue weighted by Gasteiger charge is -2.41. The number of hydrogen-bond donors (Lipinski definition) is 0. The van der Waals surface area contributed by atoms with Crippen LogP contribution in [0.2, 0.25) is 0 Å². The number of amides is 3. The predicted octanol–water partition coefficient (Wildman–Crippen LogP) is 0.790. The lowest BCUT2D eigenvalue weighted by atomic mass is 9.98. The molecule has 3 heterocycles. The zero-order valence-electron chi connectivity index (χ0n) is 14.5. The average Bonchev–Trinajstić information content (AvgIpc) is 3.17. The Kier molecular flexibility index (Phi) is 4.18. The number of carbonyl (C=O) groups excluding carboxylic acids is 3. The second-order valence-electron chi connectivity index (χ2n) is 6.78. The van der Waals surface area contributed by atoms with Crippen LogP contribution in [0.4, 0.5) is 0 Å². The molecule has 1 unspecified atom stereocenters. The van der Waals surface area contributed by atoms with Gasteiger partial charge in [-0.1, -0.05) is 0 Å². The zero-order chi connectivity index (χ0) is 18.3. The molecule has 8 heteroatoms. The number of rotatable bonds is 5. The Bertz CT molecular complexity index is 742. The maximum atomic E-state index is 12.5. The number of ether oxygens (including phenoxy) is 3. The molecule has 26 heavy (non-hydrogen) atoms. The molecule has 0 radical (unpaired) electrons. The molecular formula is C18H20N2O6. The molecule has 0 aromatic heterocycles. The molecule has 3 aliphatic heterocycles. The van der Waals surface area contributed by atoms with Crippen molar-refractivity contribution in [3.8, 4) is 17.2 Å². The van der Waals surface area contributed by atoms with Gasteiger partial charge in [-0.25, -0.2) is 0 Å². The van der Waals surface area contributed by atoms with E-state index in [1.54, 1.807) is 30.0 Å². The van der Waals surface area contributed by atoms with E-state index in [0.29, 0.717) is 49.7 Å². The van der Waals surface area contributed by atoms with E-state index in [1.807, 2.05) is 0 Å². The fraction of sp³-hybridized carbons (Fsp3) is 0.500. The predicted molar refractivity (Wildman–Crippen MR) is 88.7 cm³/mol. The van der Waals surface area contributed by atoms with Crippen LogP contribution in [-0.2, 0) is 14.4 Å². The lowest BCUT2D eigenvalue weighted by molar-refractivity contribution is -0.146. The molecule has 4 rings (SSSR count). The summed E-state index contributed by atoms with van der Waals surface area (Å²) in [5.74, 6) is 1.61. The van der Waals surface area contributed by atoms with Crippen LogP contribution in [-0.4, -0.2) is 60.1 Å². The monoisotopic (exact) mass is 360 g/mol. The molecule has 0 spiro atoms. The van der Waals surface area contributed by atoms with Gasteiger partial charge in [-0.05, 0) is 19.1 Å². The number of imide groups is 1. The van der Waals surface area contributed by atoms with Crippen molar-refractivity contribution in [3.05, 3.63) is 18.2 Å². The molecule has 0 N–H and O–H groups in total. The third kappa shape index (κ3) is 3.07. The molecule has 0 saturated carbocycles. The van der Waals surface area contributed by atoms with Crippen LogP contribution in [0, 0.1) is 5.92 Å². The van der Waals surface area contributed by atoms with E-state index in [2.05, 4.69) is 0 Å². The van der Waals surface area contributed by atoms with Crippen LogP contribution in [0.25, 0.3) is 0 Å². The first-order valence-electron chi connectivity index (χ1n) is 8.69. The molecule has 8 nitrogen and oxygen atoms in total. The van der Waals surface area contributed by atoms with Gasteiger partial charge in [-0.3, -0.25) is 19.3 Å². The zero-order valence-corrected chi connectivity index (χ0v) is 14.5. The third-order valence-corrected chi connectivity index (χ3v) is 4.87. The van der Waals surface area contributed by atoms with E-state index in [-0.39, 0.29) is 30.4 Å². The van der Waals surface area contributed by atoms with Crippen molar-refractivity contribution in [1.82, 2.24) is 9.80 Å².